The average molecular weight is 296 g/mol. The van der Waals surface area contributed by atoms with Crippen molar-refractivity contribution in [1.82, 2.24) is 5.32 Å². The molecule has 0 radical (unpaired) electrons. The number of carbonyl (C=O) groups excluding carboxylic acids is 2. The van der Waals surface area contributed by atoms with Gasteiger partial charge in [-0.2, -0.15) is 0 Å². The van der Waals surface area contributed by atoms with Crippen molar-refractivity contribution in [2.45, 2.75) is 38.1 Å². The maximum absolute atomic E-state index is 12.7. The third kappa shape index (κ3) is 2.08. The van der Waals surface area contributed by atoms with Crippen LogP contribution < -0.4 is 10.1 Å². The van der Waals surface area contributed by atoms with Crippen molar-refractivity contribution in [2.75, 3.05) is 7.11 Å². The first-order chi connectivity index (χ1) is 9.50. The predicted molar refractivity (Wildman–Crippen MR) is 77.2 cm³/mol. The molecule has 1 unspecified atom stereocenters. The molecule has 1 atom stereocenters. The largest absolute Gasteiger partial charge is 0.495 e. The van der Waals surface area contributed by atoms with Crippen LogP contribution in [-0.2, 0) is 9.59 Å². The number of methoxy groups -OCH3 is 1. The van der Waals surface area contributed by atoms with E-state index in [1.807, 2.05) is 13.8 Å². The lowest BCUT2D eigenvalue weighted by atomic mass is 9.83. The van der Waals surface area contributed by atoms with Crippen LogP contribution in [-0.4, -0.2) is 24.3 Å². The van der Waals surface area contributed by atoms with Gasteiger partial charge in [0.05, 0.1) is 17.7 Å². The van der Waals surface area contributed by atoms with Crippen molar-refractivity contribution in [3.05, 3.63) is 28.8 Å². The molecule has 4 nitrogen and oxygen atoms in total. The molecule has 5 heteroatoms. The van der Waals surface area contributed by atoms with Crippen LogP contribution in [0.3, 0.4) is 0 Å². The zero-order valence-electron chi connectivity index (χ0n) is 11.8. The maximum atomic E-state index is 12.7. The molecule has 2 rings (SSSR count). The molecule has 1 amide bonds. The van der Waals surface area contributed by atoms with Crippen molar-refractivity contribution in [1.29, 1.82) is 0 Å². The highest BCUT2D eigenvalue weighted by Crippen LogP contribution is 2.39. The van der Waals surface area contributed by atoms with Gasteiger partial charge >= 0.3 is 0 Å². The van der Waals surface area contributed by atoms with Gasteiger partial charge < -0.3 is 10.1 Å². The molecular weight excluding hydrogens is 278 g/mol. The van der Waals surface area contributed by atoms with Gasteiger partial charge in [-0.1, -0.05) is 37.6 Å². The minimum absolute atomic E-state index is 0.109. The van der Waals surface area contributed by atoms with Gasteiger partial charge in [-0.25, -0.2) is 0 Å². The van der Waals surface area contributed by atoms with Crippen molar-refractivity contribution >= 4 is 23.3 Å². The molecule has 1 N–H and O–H groups in total. The van der Waals surface area contributed by atoms with Crippen molar-refractivity contribution in [3.63, 3.8) is 0 Å². The summed E-state index contributed by atoms with van der Waals surface area (Å²) in [5, 5.41) is 3.17. The molecule has 1 aromatic rings. The summed E-state index contributed by atoms with van der Waals surface area (Å²) in [4.78, 5) is 24.9. The molecule has 0 spiro atoms. The summed E-state index contributed by atoms with van der Waals surface area (Å²) in [6.07, 6.45) is 1.15. The highest BCUT2D eigenvalue weighted by molar-refractivity contribution is 6.34. The number of carbonyl (C=O) groups is 2. The van der Waals surface area contributed by atoms with E-state index in [0.717, 1.165) is 0 Å². The first kappa shape index (κ1) is 14.9. The second kappa shape index (κ2) is 5.44. The van der Waals surface area contributed by atoms with Crippen molar-refractivity contribution in [2.24, 2.45) is 0 Å². The van der Waals surface area contributed by atoms with E-state index < -0.39 is 11.5 Å². The molecule has 1 aliphatic heterocycles. The first-order valence-corrected chi connectivity index (χ1v) is 7.07. The van der Waals surface area contributed by atoms with Crippen LogP contribution in [0.2, 0.25) is 5.02 Å². The lowest BCUT2D eigenvalue weighted by molar-refractivity contribution is -0.125. The van der Waals surface area contributed by atoms with Crippen LogP contribution in [0.5, 0.6) is 5.75 Å². The van der Waals surface area contributed by atoms with Crippen LogP contribution in [0.25, 0.3) is 0 Å². The monoisotopic (exact) mass is 295 g/mol. The molecule has 0 bridgehead atoms. The van der Waals surface area contributed by atoms with E-state index in [1.165, 1.54) is 7.11 Å². The van der Waals surface area contributed by atoms with Gasteiger partial charge in [-0.05, 0) is 24.5 Å². The first-order valence-electron chi connectivity index (χ1n) is 6.69. The second-order valence-corrected chi connectivity index (χ2v) is 5.32. The van der Waals surface area contributed by atoms with Gasteiger partial charge in [-0.15, -0.1) is 0 Å². The predicted octanol–water partition coefficient (Wildman–Crippen LogP) is 2.69. The Labute approximate surface area is 123 Å². The summed E-state index contributed by atoms with van der Waals surface area (Å²) in [5.41, 5.74) is -0.258. The number of Topliss-reactive ketones (excluding diaryl/α,β-unsaturated/α-hetero) is 1. The van der Waals surface area contributed by atoms with Gasteiger partial charge in [0.1, 0.15) is 11.7 Å². The van der Waals surface area contributed by atoms with E-state index in [4.69, 9.17) is 16.3 Å². The Kier molecular flexibility index (Phi) is 4.04. The van der Waals surface area contributed by atoms with Gasteiger partial charge in [0, 0.05) is 0 Å². The molecule has 20 heavy (non-hydrogen) atoms. The zero-order chi connectivity index (χ0) is 14.9. The smallest absolute Gasteiger partial charge is 0.236 e. The molecule has 108 valence electrons. The molecule has 0 saturated carbocycles. The molecule has 1 fully saturated rings. The highest BCUT2D eigenvalue weighted by Gasteiger charge is 2.51. The van der Waals surface area contributed by atoms with Crippen LogP contribution in [0, 0.1) is 0 Å². The molecule has 1 aliphatic rings. The fourth-order valence-corrected chi connectivity index (χ4v) is 3.04. The van der Waals surface area contributed by atoms with E-state index in [2.05, 4.69) is 5.32 Å². The van der Waals surface area contributed by atoms with E-state index in [0.29, 0.717) is 29.2 Å². The number of halogens is 1. The summed E-state index contributed by atoms with van der Waals surface area (Å²) >= 11 is 6.24. The number of amides is 1. The summed E-state index contributed by atoms with van der Waals surface area (Å²) in [5.74, 6) is -0.774. The minimum atomic E-state index is -0.850. The topological polar surface area (TPSA) is 55.4 Å². The van der Waals surface area contributed by atoms with Gasteiger partial charge in [0.25, 0.3) is 0 Å². The van der Waals surface area contributed by atoms with Gasteiger partial charge in [-0.3, -0.25) is 9.59 Å². The Bertz CT molecular complexity index is 552. The number of rotatable bonds is 4. The Morgan fingerprint density at radius 1 is 1.30 bits per heavy atom. The van der Waals surface area contributed by atoms with Crippen LogP contribution in [0.4, 0.5) is 0 Å². The lowest BCUT2D eigenvalue weighted by Gasteiger charge is -2.24. The zero-order valence-corrected chi connectivity index (χ0v) is 12.6. The van der Waals surface area contributed by atoms with Crippen LogP contribution >= 0.6 is 11.6 Å². The summed E-state index contributed by atoms with van der Waals surface area (Å²) in [7, 11) is 1.50. The van der Waals surface area contributed by atoms with E-state index in [9.17, 15) is 9.59 Å². The number of hydrogen-bond donors (Lipinski definition) is 1. The third-order valence-electron chi connectivity index (χ3n) is 4.09. The average Bonchev–Trinajstić information content (AvgIpc) is 2.71. The summed E-state index contributed by atoms with van der Waals surface area (Å²) in [6.45, 7) is 3.80. The number of nitrogens with one attached hydrogen (secondary N) is 1. The Morgan fingerprint density at radius 2 is 1.95 bits per heavy atom. The van der Waals surface area contributed by atoms with Crippen molar-refractivity contribution in [3.8, 4) is 5.75 Å². The normalized spacial score (nSPS) is 20.9. The van der Waals surface area contributed by atoms with E-state index in [-0.39, 0.29) is 11.7 Å². The lowest BCUT2D eigenvalue weighted by Crippen LogP contribution is -2.45. The molecule has 1 aromatic carbocycles. The van der Waals surface area contributed by atoms with Crippen molar-refractivity contribution < 1.29 is 14.3 Å². The molecule has 1 heterocycles. The Balaban J connectivity index is 2.49. The van der Waals surface area contributed by atoms with Gasteiger partial charge in [0.2, 0.25) is 5.91 Å². The van der Waals surface area contributed by atoms with E-state index >= 15 is 0 Å². The Hall–Kier alpha value is -1.55. The molecular formula is C15H18ClNO3. The molecule has 0 aromatic heterocycles. The van der Waals surface area contributed by atoms with Crippen LogP contribution in [0.15, 0.2) is 18.2 Å². The standard InChI is InChI=1S/C15H18ClNO3/c1-4-15(5-2)13(18)11(14(19)17-15)9-7-6-8-10(20-3)12(9)16/h6-8,11H,4-5H2,1-3H3,(H,17,19). The maximum Gasteiger partial charge on any atom is 0.236 e. The number of ether oxygens (including phenoxy) is 1. The summed E-state index contributed by atoms with van der Waals surface area (Å²) in [6, 6.07) is 5.14. The Morgan fingerprint density at radius 3 is 2.45 bits per heavy atom. The quantitative estimate of drug-likeness (QED) is 0.869. The highest BCUT2D eigenvalue weighted by atomic mass is 35.5. The SMILES string of the molecule is CCC1(CC)NC(=O)C(c2cccc(OC)c2Cl)C1=O. The number of hydrogen-bond acceptors (Lipinski definition) is 3. The fraction of sp³-hybridized carbons (Fsp3) is 0.467. The third-order valence-corrected chi connectivity index (χ3v) is 4.49. The second-order valence-electron chi connectivity index (χ2n) is 4.94. The van der Waals surface area contributed by atoms with E-state index in [1.54, 1.807) is 18.2 Å². The minimum Gasteiger partial charge on any atom is -0.495 e. The number of benzene rings is 1. The number of ketones is 1. The summed E-state index contributed by atoms with van der Waals surface area (Å²) < 4.78 is 5.15. The molecule has 1 saturated heterocycles. The molecule has 0 aliphatic carbocycles. The van der Waals surface area contributed by atoms with Crippen LogP contribution in [0.1, 0.15) is 38.2 Å². The van der Waals surface area contributed by atoms with Gasteiger partial charge in [0.15, 0.2) is 5.78 Å². The fourth-order valence-electron chi connectivity index (χ4n) is 2.73.